The Bertz CT molecular complexity index is 1100. The van der Waals surface area contributed by atoms with E-state index in [1.165, 1.54) is 24.4 Å². The highest BCUT2D eigenvalue weighted by atomic mass is 35.5. The summed E-state index contributed by atoms with van der Waals surface area (Å²) in [6, 6.07) is 20.7. The molecule has 0 bridgehead atoms. The van der Waals surface area contributed by atoms with Crippen LogP contribution in [0.15, 0.2) is 84.0 Å². The van der Waals surface area contributed by atoms with Crippen LogP contribution in [0.1, 0.15) is 21.5 Å². The number of hydrazone groups is 1. The van der Waals surface area contributed by atoms with Gasteiger partial charge in [0.25, 0.3) is 5.91 Å². The maximum absolute atomic E-state index is 12.1. The standard InChI is InChI=1S/C23H16Cl2N2O3/c24-18-9-12-20(21(25)14-18)23(29)27-26-15-17-6-10-19(11-7-17)30-22(28)13-8-16-4-2-1-3-5-16/h1-15H,(H,27,29)/b13-8+,26-15-. The van der Waals surface area contributed by atoms with Crippen molar-refractivity contribution < 1.29 is 14.3 Å². The van der Waals surface area contributed by atoms with Crippen molar-refractivity contribution >= 4 is 47.4 Å². The number of amides is 1. The molecule has 0 radical (unpaired) electrons. The van der Waals surface area contributed by atoms with Crippen LogP contribution in [0.25, 0.3) is 6.08 Å². The van der Waals surface area contributed by atoms with Gasteiger partial charge in [-0.2, -0.15) is 5.10 Å². The quantitative estimate of drug-likeness (QED) is 0.185. The lowest BCUT2D eigenvalue weighted by atomic mass is 10.2. The predicted molar refractivity (Wildman–Crippen MR) is 119 cm³/mol. The van der Waals surface area contributed by atoms with Gasteiger partial charge >= 0.3 is 5.97 Å². The molecule has 0 atom stereocenters. The molecular weight excluding hydrogens is 423 g/mol. The van der Waals surface area contributed by atoms with Crippen LogP contribution in [0.4, 0.5) is 0 Å². The van der Waals surface area contributed by atoms with Gasteiger partial charge in [0, 0.05) is 11.1 Å². The highest BCUT2D eigenvalue weighted by molar-refractivity contribution is 6.36. The lowest BCUT2D eigenvalue weighted by Gasteiger charge is -2.03. The van der Waals surface area contributed by atoms with E-state index in [9.17, 15) is 9.59 Å². The van der Waals surface area contributed by atoms with E-state index in [-0.39, 0.29) is 10.6 Å². The molecule has 0 aliphatic heterocycles. The monoisotopic (exact) mass is 438 g/mol. The van der Waals surface area contributed by atoms with Gasteiger partial charge in [0.15, 0.2) is 0 Å². The zero-order valence-corrected chi connectivity index (χ0v) is 17.1. The van der Waals surface area contributed by atoms with Crippen LogP contribution in [-0.4, -0.2) is 18.1 Å². The number of rotatable bonds is 6. The minimum absolute atomic E-state index is 0.239. The number of carbonyl (C=O) groups excluding carboxylic acids is 2. The van der Waals surface area contributed by atoms with Crippen molar-refractivity contribution in [3.63, 3.8) is 0 Å². The van der Waals surface area contributed by atoms with Gasteiger partial charge in [0.1, 0.15) is 5.75 Å². The number of hydrogen-bond acceptors (Lipinski definition) is 4. The van der Waals surface area contributed by atoms with E-state index in [0.29, 0.717) is 16.3 Å². The van der Waals surface area contributed by atoms with E-state index < -0.39 is 11.9 Å². The summed E-state index contributed by atoms with van der Waals surface area (Å²) in [5, 5.41) is 4.58. The third kappa shape index (κ3) is 6.30. The summed E-state index contributed by atoms with van der Waals surface area (Å²) in [5.74, 6) is -0.539. The lowest BCUT2D eigenvalue weighted by Crippen LogP contribution is -2.18. The van der Waals surface area contributed by atoms with Gasteiger partial charge in [-0.05, 0) is 59.7 Å². The molecule has 3 aromatic carbocycles. The third-order valence-corrected chi connectivity index (χ3v) is 4.41. The molecule has 5 nitrogen and oxygen atoms in total. The summed E-state index contributed by atoms with van der Waals surface area (Å²) in [5.41, 5.74) is 4.27. The highest BCUT2D eigenvalue weighted by Crippen LogP contribution is 2.20. The maximum atomic E-state index is 12.1. The number of benzene rings is 3. The van der Waals surface area contributed by atoms with Crippen molar-refractivity contribution in [3.05, 3.63) is 106 Å². The molecule has 0 fully saturated rings. The fourth-order valence-corrected chi connectivity index (χ4v) is 2.89. The number of esters is 1. The summed E-state index contributed by atoms with van der Waals surface area (Å²) >= 11 is 11.8. The van der Waals surface area contributed by atoms with Crippen molar-refractivity contribution in [2.75, 3.05) is 0 Å². The average molecular weight is 439 g/mol. The first kappa shape index (κ1) is 21.3. The summed E-state index contributed by atoms with van der Waals surface area (Å²) in [6.07, 6.45) is 4.50. The smallest absolute Gasteiger partial charge is 0.336 e. The largest absolute Gasteiger partial charge is 0.423 e. The molecule has 0 aliphatic carbocycles. The molecule has 3 aromatic rings. The second-order valence-corrected chi connectivity index (χ2v) is 6.90. The molecule has 0 aliphatic rings. The topological polar surface area (TPSA) is 67.8 Å². The zero-order chi connectivity index (χ0) is 21.3. The molecule has 0 unspecified atom stereocenters. The fourth-order valence-electron chi connectivity index (χ4n) is 2.40. The Morgan fingerprint density at radius 3 is 2.33 bits per heavy atom. The molecule has 0 spiro atoms. The normalized spacial score (nSPS) is 11.0. The van der Waals surface area contributed by atoms with Gasteiger partial charge in [-0.3, -0.25) is 4.79 Å². The van der Waals surface area contributed by atoms with E-state index in [4.69, 9.17) is 27.9 Å². The molecule has 0 heterocycles. The number of halogens is 2. The molecule has 7 heteroatoms. The Morgan fingerprint density at radius 1 is 0.900 bits per heavy atom. The Morgan fingerprint density at radius 2 is 1.63 bits per heavy atom. The van der Waals surface area contributed by atoms with Crippen molar-refractivity contribution in [2.24, 2.45) is 5.10 Å². The zero-order valence-electron chi connectivity index (χ0n) is 15.6. The van der Waals surface area contributed by atoms with Gasteiger partial charge in [-0.25, -0.2) is 10.2 Å². The molecular formula is C23H16Cl2N2O3. The molecule has 0 saturated carbocycles. The second kappa shape index (κ2) is 10.4. The molecule has 30 heavy (non-hydrogen) atoms. The molecule has 3 rings (SSSR count). The van der Waals surface area contributed by atoms with E-state index in [1.54, 1.807) is 36.4 Å². The SMILES string of the molecule is O=C(/C=C/c1ccccc1)Oc1ccc(/C=N\NC(=O)c2ccc(Cl)cc2Cl)cc1. The Kier molecular flexibility index (Phi) is 7.38. The minimum atomic E-state index is -0.479. The van der Waals surface area contributed by atoms with Crippen LogP contribution in [0, 0.1) is 0 Å². The summed E-state index contributed by atoms with van der Waals surface area (Å²) in [4.78, 5) is 24.0. The van der Waals surface area contributed by atoms with Crippen LogP contribution in [0.5, 0.6) is 5.75 Å². The Balaban J connectivity index is 1.53. The van der Waals surface area contributed by atoms with Crippen molar-refractivity contribution in [2.45, 2.75) is 0 Å². The van der Waals surface area contributed by atoms with Gasteiger partial charge in [0.05, 0.1) is 16.8 Å². The van der Waals surface area contributed by atoms with E-state index in [1.807, 2.05) is 30.3 Å². The number of carbonyl (C=O) groups is 2. The van der Waals surface area contributed by atoms with Crippen molar-refractivity contribution in [1.29, 1.82) is 0 Å². The predicted octanol–water partition coefficient (Wildman–Crippen LogP) is 5.38. The third-order valence-electron chi connectivity index (χ3n) is 3.87. The van der Waals surface area contributed by atoms with E-state index in [0.717, 1.165) is 5.56 Å². The number of nitrogens with one attached hydrogen (secondary N) is 1. The maximum Gasteiger partial charge on any atom is 0.336 e. The first-order valence-electron chi connectivity index (χ1n) is 8.85. The first-order valence-corrected chi connectivity index (χ1v) is 9.60. The molecule has 1 amide bonds. The van der Waals surface area contributed by atoms with Gasteiger partial charge in [-0.15, -0.1) is 0 Å². The number of nitrogens with zero attached hydrogens (tertiary/aromatic N) is 1. The van der Waals surface area contributed by atoms with Gasteiger partial charge in [0.2, 0.25) is 0 Å². The fraction of sp³-hybridized carbons (Fsp3) is 0. The summed E-state index contributed by atoms with van der Waals surface area (Å²) < 4.78 is 5.25. The Labute approximate surface area is 183 Å². The van der Waals surface area contributed by atoms with Crippen molar-refractivity contribution in [1.82, 2.24) is 5.43 Å². The van der Waals surface area contributed by atoms with Crippen molar-refractivity contribution in [3.8, 4) is 5.75 Å². The molecule has 0 saturated heterocycles. The van der Waals surface area contributed by atoms with Gasteiger partial charge < -0.3 is 4.74 Å². The van der Waals surface area contributed by atoms with Crippen LogP contribution >= 0.6 is 23.2 Å². The molecule has 1 N–H and O–H groups in total. The van der Waals surface area contributed by atoms with E-state index >= 15 is 0 Å². The summed E-state index contributed by atoms with van der Waals surface area (Å²) in [7, 11) is 0. The van der Waals surface area contributed by atoms with Crippen LogP contribution < -0.4 is 10.2 Å². The molecule has 150 valence electrons. The minimum Gasteiger partial charge on any atom is -0.423 e. The van der Waals surface area contributed by atoms with Crippen LogP contribution in [-0.2, 0) is 4.79 Å². The average Bonchev–Trinajstić information content (AvgIpc) is 2.74. The molecule has 0 aromatic heterocycles. The van der Waals surface area contributed by atoms with Gasteiger partial charge in [-0.1, -0.05) is 53.5 Å². The second-order valence-electron chi connectivity index (χ2n) is 6.06. The highest BCUT2D eigenvalue weighted by Gasteiger charge is 2.09. The summed E-state index contributed by atoms with van der Waals surface area (Å²) in [6.45, 7) is 0. The number of ether oxygens (including phenoxy) is 1. The first-order chi connectivity index (χ1) is 14.5. The van der Waals surface area contributed by atoms with E-state index in [2.05, 4.69) is 10.5 Å². The Hall–Kier alpha value is -3.41. The lowest BCUT2D eigenvalue weighted by molar-refractivity contribution is -0.128. The van der Waals surface area contributed by atoms with Crippen LogP contribution in [0.3, 0.4) is 0 Å². The van der Waals surface area contributed by atoms with Crippen LogP contribution in [0.2, 0.25) is 10.0 Å². The number of hydrogen-bond donors (Lipinski definition) is 1.